The number of rotatable bonds is 4. The number of hydrogen-bond acceptors (Lipinski definition) is 3. The number of nitrogens with one attached hydrogen (secondary N) is 1. The van der Waals surface area contributed by atoms with E-state index in [4.69, 9.17) is 9.47 Å². The van der Waals surface area contributed by atoms with Crippen LogP contribution in [-0.2, 0) is 4.79 Å². The molecule has 0 fully saturated rings. The summed E-state index contributed by atoms with van der Waals surface area (Å²) in [7, 11) is 0. The minimum atomic E-state index is -0.321. The Morgan fingerprint density at radius 2 is 1.84 bits per heavy atom. The maximum atomic E-state index is 12.4. The van der Waals surface area contributed by atoms with Gasteiger partial charge in [-0.15, -0.1) is 0 Å². The smallest absolute Gasteiger partial charge is 0.258 e. The minimum absolute atomic E-state index is 0.00198. The zero-order chi connectivity index (χ0) is 18.0. The van der Waals surface area contributed by atoms with Gasteiger partial charge >= 0.3 is 0 Å². The highest BCUT2D eigenvalue weighted by atomic mass is 16.5. The first kappa shape index (κ1) is 17.3. The molecule has 0 aliphatic carbocycles. The van der Waals surface area contributed by atoms with E-state index in [9.17, 15) is 4.79 Å². The molecule has 1 N–H and O–H groups in total. The summed E-state index contributed by atoms with van der Waals surface area (Å²) in [4.78, 5) is 12.4. The van der Waals surface area contributed by atoms with Crippen LogP contribution < -0.4 is 14.8 Å². The van der Waals surface area contributed by atoms with Crippen LogP contribution in [-0.4, -0.2) is 18.1 Å². The van der Waals surface area contributed by atoms with Crippen molar-refractivity contribution in [2.24, 2.45) is 0 Å². The van der Waals surface area contributed by atoms with E-state index in [0.717, 1.165) is 28.9 Å². The van der Waals surface area contributed by atoms with Crippen LogP contribution in [0.4, 0.5) is 0 Å². The fraction of sp³-hybridized carbons (Fsp3) is 0.381. The highest BCUT2D eigenvalue weighted by Gasteiger charge is 2.34. The number of carbonyl (C=O) groups is 1. The average Bonchev–Trinajstić information content (AvgIpc) is 2.54. The van der Waals surface area contributed by atoms with Crippen molar-refractivity contribution in [3.8, 4) is 11.5 Å². The molecule has 0 bridgehead atoms. The van der Waals surface area contributed by atoms with Crippen LogP contribution in [0, 0.1) is 13.8 Å². The van der Waals surface area contributed by atoms with Crippen LogP contribution >= 0.6 is 0 Å². The molecule has 1 unspecified atom stereocenters. The third-order valence-electron chi connectivity index (χ3n) is 4.35. The van der Waals surface area contributed by atoms with Gasteiger partial charge in [0.05, 0.1) is 6.04 Å². The van der Waals surface area contributed by atoms with Crippen LogP contribution in [0.15, 0.2) is 42.5 Å². The molecule has 0 aromatic heterocycles. The molecule has 0 spiro atoms. The van der Waals surface area contributed by atoms with Gasteiger partial charge in [0.25, 0.3) is 5.91 Å². The Kier molecular flexibility index (Phi) is 4.71. The fourth-order valence-electron chi connectivity index (χ4n) is 3.12. The van der Waals surface area contributed by atoms with E-state index in [1.807, 2.05) is 64.1 Å². The predicted octanol–water partition coefficient (Wildman–Crippen LogP) is 4.10. The van der Waals surface area contributed by atoms with Crippen molar-refractivity contribution in [1.29, 1.82) is 0 Å². The molecule has 1 atom stereocenters. The van der Waals surface area contributed by atoms with Gasteiger partial charge in [0.1, 0.15) is 17.1 Å². The monoisotopic (exact) mass is 339 g/mol. The summed E-state index contributed by atoms with van der Waals surface area (Å²) in [6.07, 6.45) is 0.722. The van der Waals surface area contributed by atoms with E-state index in [1.54, 1.807) is 0 Å². The fourth-order valence-corrected chi connectivity index (χ4v) is 3.12. The molecule has 132 valence electrons. The van der Waals surface area contributed by atoms with Crippen molar-refractivity contribution in [1.82, 2.24) is 5.32 Å². The van der Waals surface area contributed by atoms with Crippen molar-refractivity contribution < 1.29 is 14.3 Å². The first-order chi connectivity index (χ1) is 11.8. The van der Waals surface area contributed by atoms with Gasteiger partial charge < -0.3 is 14.8 Å². The Hall–Kier alpha value is -2.49. The van der Waals surface area contributed by atoms with Crippen molar-refractivity contribution in [3.63, 3.8) is 0 Å². The molecule has 0 radical (unpaired) electrons. The molecule has 2 aromatic carbocycles. The average molecular weight is 339 g/mol. The molecule has 3 rings (SSSR count). The molecule has 1 aliphatic rings. The predicted molar refractivity (Wildman–Crippen MR) is 98.1 cm³/mol. The highest BCUT2D eigenvalue weighted by Crippen LogP contribution is 2.39. The van der Waals surface area contributed by atoms with E-state index in [1.165, 1.54) is 0 Å². The van der Waals surface area contributed by atoms with E-state index < -0.39 is 0 Å². The summed E-state index contributed by atoms with van der Waals surface area (Å²) >= 11 is 0. The molecule has 0 saturated heterocycles. The molecule has 1 amide bonds. The Morgan fingerprint density at radius 1 is 1.16 bits per heavy atom. The molecule has 1 heterocycles. The van der Waals surface area contributed by atoms with Gasteiger partial charge in [-0.25, -0.2) is 0 Å². The third-order valence-corrected chi connectivity index (χ3v) is 4.35. The van der Waals surface area contributed by atoms with Gasteiger partial charge in [-0.05, 0) is 45.9 Å². The number of ether oxygens (including phenoxy) is 2. The molecular weight excluding hydrogens is 314 g/mol. The van der Waals surface area contributed by atoms with Crippen LogP contribution in [0.25, 0.3) is 0 Å². The number of carbonyl (C=O) groups excluding carboxylic acids is 1. The summed E-state index contributed by atoms with van der Waals surface area (Å²) in [6.45, 7) is 8.14. The van der Waals surface area contributed by atoms with Gasteiger partial charge in [0.2, 0.25) is 0 Å². The van der Waals surface area contributed by atoms with Gasteiger partial charge in [0.15, 0.2) is 6.61 Å². The van der Waals surface area contributed by atoms with E-state index in [-0.39, 0.29) is 24.2 Å². The van der Waals surface area contributed by atoms with E-state index in [0.29, 0.717) is 5.75 Å². The Labute approximate surface area is 149 Å². The van der Waals surface area contributed by atoms with Gasteiger partial charge in [0, 0.05) is 12.0 Å². The second-order valence-corrected chi connectivity index (χ2v) is 7.33. The molecule has 25 heavy (non-hydrogen) atoms. The Balaban J connectivity index is 1.68. The summed E-state index contributed by atoms with van der Waals surface area (Å²) in [5, 5.41) is 3.10. The quantitative estimate of drug-likeness (QED) is 0.912. The lowest BCUT2D eigenvalue weighted by Crippen LogP contribution is -2.42. The summed E-state index contributed by atoms with van der Waals surface area (Å²) in [5.74, 6) is 1.41. The Morgan fingerprint density at radius 3 is 2.56 bits per heavy atom. The summed E-state index contributed by atoms with van der Waals surface area (Å²) in [6, 6.07) is 13.7. The van der Waals surface area contributed by atoms with Gasteiger partial charge in [-0.3, -0.25) is 4.79 Å². The number of benzene rings is 2. The molecule has 2 aromatic rings. The zero-order valence-corrected chi connectivity index (χ0v) is 15.3. The van der Waals surface area contributed by atoms with E-state index >= 15 is 0 Å². The van der Waals surface area contributed by atoms with Crippen molar-refractivity contribution >= 4 is 5.91 Å². The maximum Gasteiger partial charge on any atom is 0.258 e. The first-order valence-corrected chi connectivity index (χ1v) is 8.61. The van der Waals surface area contributed by atoms with Crippen LogP contribution in [0.3, 0.4) is 0 Å². The zero-order valence-electron chi connectivity index (χ0n) is 15.3. The third kappa shape index (κ3) is 4.32. The van der Waals surface area contributed by atoms with Crippen molar-refractivity contribution in [2.45, 2.75) is 45.8 Å². The Bertz CT molecular complexity index is 765. The standard InChI is InChI=1S/C21H25NO3/c1-14-5-8-16(9-6-14)24-13-20(23)22-18-12-21(3,4)25-19-10-7-15(2)11-17(18)19/h5-11,18H,12-13H2,1-4H3,(H,22,23). The summed E-state index contributed by atoms with van der Waals surface area (Å²) < 4.78 is 11.6. The van der Waals surface area contributed by atoms with Gasteiger partial charge in [-0.2, -0.15) is 0 Å². The molecule has 4 nitrogen and oxygen atoms in total. The largest absolute Gasteiger partial charge is 0.487 e. The lowest BCUT2D eigenvalue weighted by atomic mass is 9.89. The minimum Gasteiger partial charge on any atom is -0.487 e. The van der Waals surface area contributed by atoms with E-state index in [2.05, 4.69) is 11.4 Å². The van der Waals surface area contributed by atoms with Crippen molar-refractivity contribution in [3.05, 3.63) is 59.2 Å². The lowest BCUT2D eigenvalue weighted by Gasteiger charge is -2.38. The maximum absolute atomic E-state index is 12.4. The molecule has 4 heteroatoms. The molecule has 1 aliphatic heterocycles. The SMILES string of the molecule is Cc1ccc(OCC(=O)NC2CC(C)(C)Oc3ccc(C)cc32)cc1. The van der Waals surface area contributed by atoms with Crippen LogP contribution in [0.5, 0.6) is 11.5 Å². The number of hydrogen-bond donors (Lipinski definition) is 1. The molecule has 0 saturated carbocycles. The molecular formula is C21H25NO3. The van der Waals surface area contributed by atoms with Gasteiger partial charge in [-0.1, -0.05) is 35.4 Å². The summed E-state index contributed by atoms with van der Waals surface area (Å²) in [5.41, 5.74) is 3.02. The number of fused-ring (bicyclic) bond motifs is 1. The second-order valence-electron chi connectivity index (χ2n) is 7.33. The van der Waals surface area contributed by atoms with Crippen LogP contribution in [0.2, 0.25) is 0 Å². The van der Waals surface area contributed by atoms with Crippen molar-refractivity contribution in [2.75, 3.05) is 6.61 Å². The van der Waals surface area contributed by atoms with Crippen LogP contribution in [0.1, 0.15) is 43.0 Å². The normalized spacial score (nSPS) is 18.0. The lowest BCUT2D eigenvalue weighted by molar-refractivity contribution is -0.124. The topological polar surface area (TPSA) is 47.6 Å². The first-order valence-electron chi connectivity index (χ1n) is 8.61. The second kappa shape index (κ2) is 6.79. The number of aryl methyl sites for hydroxylation is 2. The number of amides is 1. The highest BCUT2D eigenvalue weighted by molar-refractivity contribution is 5.78.